The first kappa shape index (κ1) is 29.1. The van der Waals surface area contributed by atoms with E-state index in [9.17, 15) is 14.0 Å². The number of ether oxygens (including phenoxy) is 1. The molecule has 5 aromatic rings. The summed E-state index contributed by atoms with van der Waals surface area (Å²) in [4.78, 5) is 39.9. The Balaban J connectivity index is 1.32. The molecule has 1 aromatic carbocycles. The molecule has 2 amide bonds. The van der Waals surface area contributed by atoms with Crippen molar-refractivity contribution in [2.75, 3.05) is 32.1 Å². The monoisotopic (exact) mass is 598 g/mol. The van der Waals surface area contributed by atoms with Gasteiger partial charge in [-0.25, -0.2) is 19.4 Å². The number of methoxy groups -OCH3 is 1. The van der Waals surface area contributed by atoms with Crippen LogP contribution in [-0.2, 0) is 16.6 Å². The number of hydrogen-bond acceptors (Lipinski definition) is 8. The van der Waals surface area contributed by atoms with Gasteiger partial charge in [0.1, 0.15) is 17.6 Å². The summed E-state index contributed by atoms with van der Waals surface area (Å²) in [5, 5.41) is 13.3. The fourth-order valence-electron chi connectivity index (χ4n) is 5.31. The largest absolute Gasteiger partial charge is 0.383 e. The van der Waals surface area contributed by atoms with Crippen molar-refractivity contribution in [3.05, 3.63) is 100 Å². The van der Waals surface area contributed by atoms with Crippen molar-refractivity contribution in [2.45, 2.75) is 19.1 Å². The highest BCUT2D eigenvalue weighted by molar-refractivity contribution is 5.91. The number of fused-ring (bicyclic) bond motifs is 1. The molecule has 1 fully saturated rings. The number of rotatable bonds is 8. The van der Waals surface area contributed by atoms with E-state index in [1.165, 1.54) is 22.9 Å². The van der Waals surface area contributed by atoms with Crippen LogP contribution < -0.4 is 16.2 Å². The number of halogens is 1. The highest BCUT2D eigenvalue weighted by Gasteiger charge is 2.37. The zero-order valence-electron chi connectivity index (χ0n) is 24.4. The fourth-order valence-corrected chi connectivity index (χ4v) is 5.31. The third-order valence-corrected chi connectivity index (χ3v) is 7.55. The van der Waals surface area contributed by atoms with E-state index in [1.54, 1.807) is 42.2 Å². The second-order valence-corrected chi connectivity index (χ2v) is 10.5. The lowest BCUT2D eigenvalue weighted by Gasteiger charge is -2.19. The number of nitrogens with zero attached hydrogens (tertiary/aromatic N) is 6. The van der Waals surface area contributed by atoms with Gasteiger partial charge in [-0.1, -0.05) is 18.2 Å². The van der Waals surface area contributed by atoms with Gasteiger partial charge in [0.05, 0.1) is 24.0 Å². The van der Waals surface area contributed by atoms with Gasteiger partial charge in [-0.2, -0.15) is 14.6 Å². The molecule has 0 bridgehead atoms. The van der Waals surface area contributed by atoms with Crippen LogP contribution in [0, 0.1) is 12.9 Å². The maximum absolute atomic E-state index is 14.0. The van der Waals surface area contributed by atoms with Gasteiger partial charge in [0, 0.05) is 62.2 Å². The number of para-hydroxylation sites is 1. The molecule has 0 aliphatic carbocycles. The SMILES string of the molecule is COCCN1C[C@@H](NC(=O)Nc2c(C)c(-c3cnc4c(ccc(=O)n4C)c3)nn2-c2ccccc2)[C@H](c2ccnc(F)c2)O1. The van der Waals surface area contributed by atoms with Crippen molar-refractivity contribution in [3.63, 3.8) is 0 Å². The first-order valence-corrected chi connectivity index (χ1v) is 14.0. The molecule has 1 aliphatic heterocycles. The van der Waals surface area contributed by atoms with Crippen molar-refractivity contribution in [3.8, 4) is 16.9 Å². The Hall–Kier alpha value is -4.98. The summed E-state index contributed by atoms with van der Waals surface area (Å²) in [6, 6.07) is 16.6. The number of aromatic nitrogens is 5. The molecule has 0 unspecified atom stereocenters. The number of hydroxylamine groups is 2. The molecule has 226 valence electrons. The number of anilines is 1. The van der Waals surface area contributed by atoms with Crippen molar-refractivity contribution in [1.82, 2.24) is 34.7 Å². The van der Waals surface area contributed by atoms with E-state index in [1.807, 2.05) is 43.3 Å². The van der Waals surface area contributed by atoms with Crippen molar-refractivity contribution in [2.24, 2.45) is 7.05 Å². The third kappa shape index (κ3) is 5.80. The van der Waals surface area contributed by atoms with E-state index >= 15 is 0 Å². The average Bonchev–Trinajstić information content (AvgIpc) is 3.58. The summed E-state index contributed by atoms with van der Waals surface area (Å²) in [6.07, 6.45) is 2.40. The van der Waals surface area contributed by atoms with Crippen molar-refractivity contribution in [1.29, 1.82) is 0 Å². The minimum absolute atomic E-state index is 0.148. The molecule has 2 N–H and O–H groups in total. The summed E-state index contributed by atoms with van der Waals surface area (Å²) < 4.78 is 22.3. The number of carbonyl (C=O) groups excluding carboxylic acids is 1. The number of benzene rings is 1. The van der Waals surface area contributed by atoms with Crippen LogP contribution in [0.2, 0.25) is 0 Å². The fraction of sp³-hybridized carbons (Fsp3) is 0.258. The molecule has 0 saturated carbocycles. The van der Waals surface area contributed by atoms with Crippen LogP contribution in [-0.4, -0.2) is 68.3 Å². The molecule has 0 radical (unpaired) electrons. The molecule has 0 spiro atoms. The van der Waals surface area contributed by atoms with E-state index in [0.717, 1.165) is 16.6 Å². The van der Waals surface area contributed by atoms with E-state index in [0.29, 0.717) is 48.0 Å². The van der Waals surface area contributed by atoms with Crippen LogP contribution in [0.3, 0.4) is 0 Å². The molecule has 6 rings (SSSR count). The van der Waals surface area contributed by atoms with Gasteiger partial charge < -0.3 is 10.1 Å². The third-order valence-electron chi connectivity index (χ3n) is 7.55. The van der Waals surface area contributed by atoms with E-state index < -0.39 is 24.1 Å². The molecular weight excluding hydrogens is 567 g/mol. The molecule has 12 nitrogen and oxygen atoms in total. The zero-order valence-corrected chi connectivity index (χ0v) is 24.4. The smallest absolute Gasteiger partial charge is 0.320 e. The Kier molecular flexibility index (Phi) is 8.15. The quantitative estimate of drug-likeness (QED) is 0.259. The molecule has 5 heterocycles. The molecular formula is C31H31FN8O4. The van der Waals surface area contributed by atoms with Crippen LogP contribution in [0.1, 0.15) is 17.2 Å². The number of urea groups is 1. The van der Waals surface area contributed by atoms with E-state index in [2.05, 4.69) is 20.6 Å². The van der Waals surface area contributed by atoms with Gasteiger partial charge >= 0.3 is 6.03 Å². The zero-order chi connectivity index (χ0) is 30.8. The topological polar surface area (TPSA) is 128 Å². The van der Waals surface area contributed by atoms with Gasteiger partial charge in [0.15, 0.2) is 0 Å². The van der Waals surface area contributed by atoms with Crippen LogP contribution in [0.15, 0.2) is 77.9 Å². The van der Waals surface area contributed by atoms with Crippen LogP contribution >= 0.6 is 0 Å². The van der Waals surface area contributed by atoms with Crippen molar-refractivity contribution >= 4 is 22.9 Å². The van der Waals surface area contributed by atoms with E-state index in [4.69, 9.17) is 14.7 Å². The number of pyridine rings is 3. The summed E-state index contributed by atoms with van der Waals surface area (Å²) in [5.41, 5.74) is 3.76. The lowest BCUT2D eigenvalue weighted by atomic mass is 10.0. The lowest BCUT2D eigenvalue weighted by molar-refractivity contribution is -0.154. The summed E-state index contributed by atoms with van der Waals surface area (Å²) >= 11 is 0. The molecule has 44 heavy (non-hydrogen) atoms. The number of amides is 2. The van der Waals surface area contributed by atoms with Gasteiger partial charge in [0.2, 0.25) is 5.95 Å². The Morgan fingerprint density at radius 1 is 1.14 bits per heavy atom. The highest BCUT2D eigenvalue weighted by Crippen LogP contribution is 2.32. The minimum atomic E-state index is -0.634. The van der Waals surface area contributed by atoms with Gasteiger partial charge in [-0.3, -0.25) is 19.5 Å². The standard InChI is InChI=1S/C31H31FN8O4/c1-19-27(22-15-21-9-10-26(41)38(2)30(21)34-17-22)37-40(23-7-5-4-6-8-23)29(19)36-31(42)35-24-18-39(13-14-43-3)44-28(24)20-11-12-33-25(32)16-20/h4-12,15-17,24,28H,13-14,18H2,1-3H3,(H2,35,36,42)/t24-,28+/m1/s1. The normalized spacial score (nSPS) is 16.8. The van der Waals surface area contributed by atoms with Crippen LogP contribution in [0.4, 0.5) is 15.0 Å². The Morgan fingerprint density at radius 3 is 2.73 bits per heavy atom. The van der Waals surface area contributed by atoms with Gasteiger partial charge in [-0.15, -0.1) is 0 Å². The van der Waals surface area contributed by atoms with Crippen LogP contribution in [0.5, 0.6) is 0 Å². The molecule has 4 aromatic heterocycles. The minimum Gasteiger partial charge on any atom is -0.383 e. The molecule has 13 heteroatoms. The van der Waals surface area contributed by atoms with E-state index in [-0.39, 0.29) is 5.56 Å². The number of nitrogens with one attached hydrogen (secondary N) is 2. The summed E-state index contributed by atoms with van der Waals surface area (Å²) in [5.74, 6) is -0.170. The maximum atomic E-state index is 14.0. The van der Waals surface area contributed by atoms with Gasteiger partial charge in [-0.05, 0) is 48.9 Å². The average molecular weight is 599 g/mol. The molecule has 2 atom stereocenters. The predicted molar refractivity (Wildman–Crippen MR) is 162 cm³/mol. The second kappa shape index (κ2) is 12.3. The van der Waals surface area contributed by atoms with Crippen molar-refractivity contribution < 1.29 is 18.8 Å². The first-order chi connectivity index (χ1) is 21.3. The first-order valence-electron chi connectivity index (χ1n) is 14.0. The second-order valence-electron chi connectivity index (χ2n) is 10.5. The van der Waals surface area contributed by atoms with Gasteiger partial charge in [0.25, 0.3) is 5.56 Å². The lowest BCUT2D eigenvalue weighted by Crippen LogP contribution is -2.42. The number of carbonyl (C=O) groups is 1. The maximum Gasteiger partial charge on any atom is 0.320 e. The Morgan fingerprint density at radius 2 is 1.95 bits per heavy atom. The molecule has 1 saturated heterocycles. The summed E-state index contributed by atoms with van der Waals surface area (Å²) in [7, 11) is 3.27. The Bertz CT molecular complexity index is 1880. The van der Waals surface area contributed by atoms with Crippen LogP contribution in [0.25, 0.3) is 28.0 Å². The number of hydrogen-bond donors (Lipinski definition) is 2. The molecule has 1 aliphatic rings. The highest BCUT2D eigenvalue weighted by atomic mass is 19.1. The Labute approximate surface area is 252 Å². The predicted octanol–water partition coefficient (Wildman–Crippen LogP) is 3.75. The summed E-state index contributed by atoms with van der Waals surface area (Å²) in [6.45, 7) is 3.13. The number of aryl methyl sites for hydroxylation is 1.